The highest BCUT2D eigenvalue weighted by molar-refractivity contribution is 6.01. The Hall–Kier alpha value is -1.30. The lowest BCUT2D eigenvalue weighted by molar-refractivity contribution is -0.122. The van der Waals surface area contributed by atoms with Gasteiger partial charge in [-0.1, -0.05) is 18.5 Å². The fourth-order valence-electron chi connectivity index (χ4n) is 0.969. The van der Waals surface area contributed by atoms with Crippen LogP contribution in [0.3, 0.4) is 0 Å². The molecule has 94 valence electrons. The van der Waals surface area contributed by atoms with Gasteiger partial charge in [0.25, 0.3) is 0 Å². The summed E-state index contributed by atoms with van der Waals surface area (Å²) in [4.78, 5) is 11.4. The minimum Gasteiger partial charge on any atom is -0.409 e. The van der Waals surface area contributed by atoms with Crippen LogP contribution in [0.25, 0.3) is 0 Å². The summed E-state index contributed by atoms with van der Waals surface area (Å²) in [5.74, 6) is -0.987. The Labute approximate surface area is 95.8 Å². The topological polar surface area (TPSA) is 96.9 Å². The predicted molar refractivity (Wildman–Crippen MR) is 61.3 cm³/mol. The number of hydrogen-bond donors (Lipinski definition) is 3. The van der Waals surface area contributed by atoms with Crippen molar-refractivity contribution in [2.45, 2.75) is 26.7 Å². The number of rotatable bonds is 8. The summed E-state index contributed by atoms with van der Waals surface area (Å²) in [6, 6.07) is 0. The van der Waals surface area contributed by atoms with Gasteiger partial charge in [-0.05, 0) is 13.3 Å². The molecule has 4 N–H and O–H groups in total. The second-order valence-corrected chi connectivity index (χ2v) is 3.50. The van der Waals surface area contributed by atoms with Crippen molar-refractivity contribution in [2.24, 2.45) is 16.8 Å². The largest absolute Gasteiger partial charge is 0.409 e. The highest BCUT2D eigenvalue weighted by Gasteiger charge is 2.16. The molecule has 1 atom stereocenters. The number of hydrogen-bond acceptors (Lipinski definition) is 4. The highest BCUT2D eigenvalue weighted by Crippen LogP contribution is 1.94. The van der Waals surface area contributed by atoms with Crippen molar-refractivity contribution in [3.8, 4) is 0 Å². The van der Waals surface area contributed by atoms with Gasteiger partial charge in [0, 0.05) is 13.2 Å². The molecular formula is C10H21N3O3. The molecule has 1 amide bonds. The van der Waals surface area contributed by atoms with E-state index in [1.807, 2.05) is 0 Å². The van der Waals surface area contributed by atoms with Gasteiger partial charge in [-0.2, -0.15) is 0 Å². The van der Waals surface area contributed by atoms with Gasteiger partial charge in [-0.25, -0.2) is 0 Å². The molecule has 0 aliphatic carbocycles. The Morgan fingerprint density at radius 2 is 2.25 bits per heavy atom. The van der Waals surface area contributed by atoms with Gasteiger partial charge in [-0.3, -0.25) is 4.79 Å². The minimum absolute atomic E-state index is 0.0931. The van der Waals surface area contributed by atoms with E-state index in [4.69, 9.17) is 15.7 Å². The van der Waals surface area contributed by atoms with E-state index in [0.29, 0.717) is 19.8 Å². The molecular weight excluding hydrogens is 210 g/mol. The molecule has 0 saturated heterocycles. The van der Waals surface area contributed by atoms with Crippen LogP contribution < -0.4 is 11.1 Å². The summed E-state index contributed by atoms with van der Waals surface area (Å²) in [5.41, 5.74) is 5.30. The van der Waals surface area contributed by atoms with Crippen LogP contribution in [0.1, 0.15) is 26.7 Å². The summed E-state index contributed by atoms with van der Waals surface area (Å²) >= 11 is 0. The first kappa shape index (κ1) is 14.7. The van der Waals surface area contributed by atoms with E-state index in [0.717, 1.165) is 12.8 Å². The first-order valence-corrected chi connectivity index (χ1v) is 5.46. The number of amides is 1. The number of amidine groups is 1. The lowest BCUT2D eigenvalue weighted by atomic mass is 10.1. The highest BCUT2D eigenvalue weighted by atomic mass is 16.5. The Morgan fingerprint density at radius 1 is 1.56 bits per heavy atom. The lowest BCUT2D eigenvalue weighted by Gasteiger charge is -2.10. The summed E-state index contributed by atoms with van der Waals surface area (Å²) < 4.78 is 5.27. The van der Waals surface area contributed by atoms with Crippen molar-refractivity contribution >= 4 is 11.7 Å². The van der Waals surface area contributed by atoms with E-state index in [9.17, 15) is 4.79 Å². The SMILES string of the molecule is CCCCOCCNC(=O)C(C)C(N)=NO. The molecule has 6 nitrogen and oxygen atoms in total. The molecule has 0 radical (unpaired) electrons. The summed E-state index contributed by atoms with van der Waals surface area (Å²) in [6.07, 6.45) is 2.11. The first-order chi connectivity index (χ1) is 7.63. The zero-order chi connectivity index (χ0) is 12.4. The maximum atomic E-state index is 11.4. The van der Waals surface area contributed by atoms with E-state index in [1.54, 1.807) is 6.92 Å². The summed E-state index contributed by atoms with van der Waals surface area (Å²) in [6.45, 7) is 5.29. The van der Waals surface area contributed by atoms with Crippen LogP contribution in [0.4, 0.5) is 0 Å². The average molecular weight is 231 g/mol. The van der Waals surface area contributed by atoms with Gasteiger partial charge >= 0.3 is 0 Å². The van der Waals surface area contributed by atoms with Crippen LogP contribution in [-0.4, -0.2) is 36.7 Å². The number of unbranched alkanes of at least 4 members (excludes halogenated alkanes) is 1. The van der Waals surface area contributed by atoms with Crippen molar-refractivity contribution in [1.82, 2.24) is 5.32 Å². The third kappa shape index (κ3) is 6.23. The third-order valence-corrected chi connectivity index (χ3v) is 2.14. The molecule has 0 aromatic carbocycles. The second-order valence-electron chi connectivity index (χ2n) is 3.50. The molecule has 0 rings (SSSR count). The van der Waals surface area contributed by atoms with E-state index >= 15 is 0 Å². The zero-order valence-electron chi connectivity index (χ0n) is 9.90. The van der Waals surface area contributed by atoms with Crippen molar-refractivity contribution in [3.05, 3.63) is 0 Å². The molecule has 0 heterocycles. The number of ether oxygens (including phenoxy) is 1. The van der Waals surface area contributed by atoms with Gasteiger partial charge < -0.3 is 21.0 Å². The van der Waals surface area contributed by atoms with Crippen LogP contribution in [-0.2, 0) is 9.53 Å². The number of oxime groups is 1. The number of nitrogens with two attached hydrogens (primary N) is 1. The standard InChI is InChI=1S/C10H21N3O3/c1-3-4-6-16-7-5-12-10(14)8(2)9(11)13-15/h8,15H,3-7H2,1-2H3,(H2,11,13)(H,12,14). The maximum absolute atomic E-state index is 11.4. The molecule has 0 bridgehead atoms. The van der Waals surface area contributed by atoms with E-state index in [1.165, 1.54) is 0 Å². The average Bonchev–Trinajstić information content (AvgIpc) is 2.31. The molecule has 0 aromatic heterocycles. The molecule has 0 saturated carbocycles. The van der Waals surface area contributed by atoms with E-state index in [-0.39, 0.29) is 11.7 Å². The third-order valence-electron chi connectivity index (χ3n) is 2.14. The molecule has 16 heavy (non-hydrogen) atoms. The quantitative estimate of drug-likeness (QED) is 0.184. The van der Waals surface area contributed by atoms with Crippen LogP contribution in [0.2, 0.25) is 0 Å². The number of carbonyl (C=O) groups excluding carboxylic acids is 1. The lowest BCUT2D eigenvalue weighted by Crippen LogP contribution is -2.38. The molecule has 0 aromatic rings. The normalized spacial score (nSPS) is 13.5. The number of nitrogens with zero attached hydrogens (tertiary/aromatic N) is 1. The summed E-state index contributed by atoms with van der Waals surface area (Å²) in [7, 11) is 0. The van der Waals surface area contributed by atoms with Crippen LogP contribution in [0.15, 0.2) is 5.16 Å². The van der Waals surface area contributed by atoms with Gasteiger partial charge in [-0.15, -0.1) is 0 Å². The van der Waals surface area contributed by atoms with Crippen molar-refractivity contribution in [2.75, 3.05) is 19.8 Å². The fraction of sp³-hybridized carbons (Fsp3) is 0.800. The smallest absolute Gasteiger partial charge is 0.230 e. The van der Waals surface area contributed by atoms with Crippen LogP contribution >= 0.6 is 0 Å². The Kier molecular flexibility index (Phi) is 8.24. The van der Waals surface area contributed by atoms with Crippen LogP contribution in [0.5, 0.6) is 0 Å². The molecule has 0 aliphatic heterocycles. The molecule has 1 unspecified atom stereocenters. The molecule has 0 fully saturated rings. The van der Waals surface area contributed by atoms with Gasteiger partial charge in [0.1, 0.15) is 0 Å². The van der Waals surface area contributed by atoms with Crippen LogP contribution in [0, 0.1) is 5.92 Å². The molecule has 6 heteroatoms. The van der Waals surface area contributed by atoms with E-state index in [2.05, 4.69) is 17.4 Å². The first-order valence-electron chi connectivity index (χ1n) is 5.46. The van der Waals surface area contributed by atoms with Gasteiger partial charge in [0.15, 0.2) is 5.84 Å². The number of carbonyl (C=O) groups is 1. The Balaban J connectivity index is 3.58. The van der Waals surface area contributed by atoms with Crippen molar-refractivity contribution in [3.63, 3.8) is 0 Å². The Bertz CT molecular complexity index is 231. The fourth-order valence-corrected chi connectivity index (χ4v) is 0.969. The van der Waals surface area contributed by atoms with E-state index < -0.39 is 5.92 Å². The Morgan fingerprint density at radius 3 is 2.81 bits per heavy atom. The maximum Gasteiger partial charge on any atom is 0.230 e. The molecule has 0 aliphatic rings. The monoisotopic (exact) mass is 231 g/mol. The number of nitrogens with one attached hydrogen (secondary N) is 1. The van der Waals surface area contributed by atoms with Crippen molar-refractivity contribution in [1.29, 1.82) is 0 Å². The van der Waals surface area contributed by atoms with Gasteiger partial charge in [0.05, 0.1) is 12.5 Å². The summed E-state index contributed by atoms with van der Waals surface area (Å²) in [5, 5.41) is 13.8. The van der Waals surface area contributed by atoms with Gasteiger partial charge in [0.2, 0.25) is 5.91 Å². The second kappa shape index (κ2) is 8.96. The zero-order valence-corrected chi connectivity index (χ0v) is 9.90. The van der Waals surface area contributed by atoms with Crippen molar-refractivity contribution < 1.29 is 14.7 Å². The predicted octanol–water partition coefficient (Wildman–Crippen LogP) is 0.302. The molecule has 0 spiro atoms. The minimum atomic E-state index is -0.624.